The molecule has 12 heteroatoms. The van der Waals surface area contributed by atoms with E-state index in [1.807, 2.05) is 0 Å². The molecule has 1 saturated carbocycles. The quantitative estimate of drug-likeness (QED) is 0.576. The standard InChI is InChI=1S/C27H26F2N4O6/c1-38-26(37)30-20-9-15-6-7-27(18(15)10-19(20)29)24(35)33(25(36)31-27)12-23(34)32-11-16-8-17(28)4-5-22(16)39-13-21(32)14-2-3-14/h4-5,8-10,14,21H,2-3,6-7,11-13H2,1H3,(H,30,37)(H,31,36)/t21-,27?/m0/s1. The van der Waals surface area contributed by atoms with E-state index in [1.165, 1.54) is 24.3 Å². The van der Waals surface area contributed by atoms with E-state index in [0.717, 1.165) is 30.9 Å². The number of hydrogen-bond donors (Lipinski definition) is 2. The van der Waals surface area contributed by atoms with Crippen LogP contribution in [-0.4, -0.2) is 60.0 Å². The first kappa shape index (κ1) is 25.1. The lowest BCUT2D eigenvalue weighted by Crippen LogP contribution is -2.49. The topological polar surface area (TPSA) is 117 Å². The molecule has 2 fully saturated rings. The Balaban J connectivity index is 1.25. The molecular weight excluding hydrogens is 514 g/mol. The number of methoxy groups -OCH3 is 1. The molecule has 4 aliphatic rings. The third-order valence-corrected chi connectivity index (χ3v) is 7.97. The van der Waals surface area contributed by atoms with Crippen molar-refractivity contribution in [3.63, 3.8) is 0 Å². The fraction of sp³-hybridized carbons (Fsp3) is 0.407. The van der Waals surface area contributed by atoms with Crippen LogP contribution in [0, 0.1) is 17.6 Å². The van der Waals surface area contributed by atoms with Gasteiger partial charge < -0.3 is 19.7 Å². The molecule has 2 aliphatic carbocycles. The zero-order chi connectivity index (χ0) is 27.5. The number of urea groups is 1. The predicted octanol–water partition coefficient (Wildman–Crippen LogP) is 3.04. The van der Waals surface area contributed by atoms with E-state index >= 15 is 0 Å². The van der Waals surface area contributed by atoms with Crippen LogP contribution in [0.4, 0.5) is 24.1 Å². The Bertz CT molecular complexity index is 1410. The van der Waals surface area contributed by atoms with Crippen LogP contribution >= 0.6 is 0 Å². The maximum atomic E-state index is 14.9. The monoisotopic (exact) mass is 540 g/mol. The van der Waals surface area contributed by atoms with Crippen molar-refractivity contribution < 1.29 is 37.4 Å². The van der Waals surface area contributed by atoms with Crippen molar-refractivity contribution in [2.75, 3.05) is 25.6 Å². The van der Waals surface area contributed by atoms with Crippen molar-refractivity contribution in [1.29, 1.82) is 0 Å². The summed E-state index contributed by atoms with van der Waals surface area (Å²) in [7, 11) is 1.15. The maximum Gasteiger partial charge on any atom is 0.411 e. The van der Waals surface area contributed by atoms with Crippen LogP contribution in [0.3, 0.4) is 0 Å². The lowest BCUT2D eigenvalue weighted by atomic mass is 9.91. The number of fused-ring (bicyclic) bond motifs is 3. The lowest BCUT2D eigenvalue weighted by molar-refractivity contribution is -0.141. The van der Waals surface area contributed by atoms with Gasteiger partial charge in [0.2, 0.25) is 5.91 Å². The molecule has 1 saturated heterocycles. The van der Waals surface area contributed by atoms with Crippen molar-refractivity contribution in [1.82, 2.24) is 15.1 Å². The van der Waals surface area contributed by atoms with E-state index in [9.17, 15) is 28.0 Å². The smallest absolute Gasteiger partial charge is 0.411 e. The van der Waals surface area contributed by atoms with Crippen LogP contribution in [0.1, 0.15) is 36.0 Å². The minimum atomic E-state index is -1.51. The van der Waals surface area contributed by atoms with E-state index in [0.29, 0.717) is 23.3 Å². The minimum Gasteiger partial charge on any atom is -0.491 e. The van der Waals surface area contributed by atoms with Gasteiger partial charge in [-0.25, -0.2) is 18.4 Å². The molecule has 2 aromatic carbocycles. The number of imide groups is 1. The van der Waals surface area contributed by atoms with Gasteiger partial charge in [0.05, 0.1) is 18.8 Å². The molecule has 2 heterocycles. The van der Waals surface area contributed by atoms with E-state index < -0.39 is 47.7 Å². The number of aryl methyl sites for hydroxylation is 1. The fourth-order valence-corrected chi connectivity index (χ4v) is 5.81. The van der Waals surface area contributed by atoms with E-state index in [2.05, 4.69) is 15.4 Å². The summed E-state index contributed by atoms with van der Waals surface area (Å²) >= 11 is 0. The molecule has 2 atom stereocenters. The molecule has 2 aromatic rings. The summed E-state index contributed by atoms with van der Waals surface area (Å²) in [6.45, 7) is -0.195. The van der Waals surface area contributed by atoms with Crippen LogP contribution < -0.4 is 15.4 Å². The Morgan fingerprint density at radius 2 is 1.97 bits per heavy atom. The van der Waals surface area contributed by atoms with E-state index in [4.69, 9.17) is 4.74 Å². The molecule has 2 aliphatic heterocycles. The molecule has 1 spiro atoms. The minimum absolute atomic E-state index is 0.0892. The van der Waals surface area contributed by atoms with Crippen LogP contribution in [0.15, 0.2) is 30.3 Å². The number of nitrogens with zero attached hydrogens (tertiary/aromatic N) is 2. The molecule has 0 bridgehead atoms. The van der Waals surface area contributed by atoms with Crippen molar-refractivity contribution in [3.05, 3.63) is 58.7 Å². The average Bonchev–Trinajstić information content (AvgIpc) is 3.68. The summed E-state index contributed by atoms with van der Waals surface area (Å²) in [4.78, 5) is 54.3. The van der Waals surface area contributed by atoms with Gasteiger partial charge in [-0.05, 0) is 73.1 Å². The normalized spacial score (nSPS) is 23.6. The number of benzene rings is 2. The van der Waals surface area contributed by atoms with Crippen molar-refractivity contribution >= 4 is 29.6 Å². The van der Waals surface area contributed by atoms with Gasteiger partial charge in [-0.2, -0.15) is 0 Å². The predicted molar refractivity (Wildman–Crippen MR) is 132 cm³/mol. The van der Waals surface area contributed by atoms with Gasteiger partial charge in [0.15, 0.2) is 0 Å². The molecule has 204 valence electrons. The second-order valence-corrected chi connectivity index (χ2v) is 10.3. The summed E-state index contributed by atoms with van der Waals surface area (Å²) in [6, 6.07) is 5.66. The van der Waals surface area contributed by atoms with Crippen LogP contribution in [0.25, 0.3) is 0 Å². The highest BCUT2D eigenvalue weighted by Crippen LogP contribution is 2.44. The fourth-order valence-electron chi connectivity index (χ4n) is 5.81. The molecule has 39 heavy (non-hydrogen) atoms. The number of amides is 5. The van der Waals surface area contributed by atoms with Gasteiger partial charge in [0.25, 0.3) is 5.91 Å². The van der Waals surface area contributed by atoms with Gasteiger partial charge in [-0.15, -0.1) is 0 Å². The Hall–Kier alpha value is -4.22. The third kappa shape index (κ3) is 4.23. The number of carbonyl (C=O) groups excluding carboxylic acids is 4. The second-order valence-electron chi connectivity index (χ2n) is 10.3. The van der Waals surface area contributed by atoms with Crippen molar-refractivity contribution in [3.8, 4) is 5.75 Å². The second kappa shape index (κ2) is 9.21. The summed E-state index contributed by atoms with van der Waals surface area (Å²) in [5.74, 6) is -1.64. The SMILES string of the molecule is COC(=O)Nc1cc2c(cc1F)C1(CC2)NC(=O)N(CC(=O)N2Cc3cc(F)ccc3OC[C@H]2C2CC2)C1=O. The molecule has 2 N–H and O–H groups in total. The maximum absolute atomic E-state index is 14.9. The van der Waals surface area contributed by atoms with Crippen molar-refractivity contribution in [2.24, 2.45) is 5.92 Å². The Morgan fingerprint density at radius 1 is 1.18 bits per heavy atom. The molecule has 1 unspecified atom stereocenters. The summed E-state index contributed by atoms with van der Waals surface area (Å²) in [6.07, 6.45) is 1.52. The Kier molecular flexibility index (Phi) is 5.92. The summed E-state index contributed by atoms with van der Waals surface area (Å²) < 4.78 is 39.2. The molecule has 10 nitrogen and oxygen atoms in total. The van der Waals surface area contributed by atoms with E-state index in [1.54, 1.807) is 4.90 Å². The third-order valence-electron chi connectivity index (χ3n) is 7.97. The van der Waals surface area contributed by atoms with E-state index in [-0.39, 0.29) is 42.8 Å². The highest BCUT2D eigenvalue weighted by Gasteiger charge is 2.56. The molecular formula is C27H26F2N4O6. The number of nitrogens with one attached hydrogen (secondary N) is 2. The highest BCUT2D eigenvalue weighted by atomic mass is 19.1. The molecule has 5 amide bonds. The zero-order valence-electron chi connectivity index (χ0n) is 21.1. The van der Waals surface area contributed by atoms with Gasteiger partial charge >= 0.3 is 12.1 Å². The highest BCUT2D eigenvalue weighted by molar-refractivity contribution is 6.10. The van der Waals surface area contributed by atoms with Crippen LogP contribution in [-0.2, 0) is 32.8 Å². The lowest BCUT2D eigenvalue weighted by Gasteiger charge is -2.30. The number of ether oxygens (including phenoxy) is 2. The number of rotatable bonds is 4. The Morgan fingerprint density at radius 3 is 2.72 bits per heavy atom. The van der Waals surface area contributed by atoms with Gasteiger partial charge in [-0.1, -0.05) is 0 Å². The molecule has 6 rings (SSSR count). The number of anilines is 1. The average molecular weight is 541 g/mol. The zero-order valence-corrected chi connectivity index (χ0v) is 21.1. The molecule has 0 aromatic heterocycles. The Labute approximate surface area is 222 Å². The first-order valence-electron chi connectivity index (χ1n) is 12.7. The van der Waals surface area contributed by atoms with Gasteiger partial charge in [0, 0.05) is 12.1 Å². The van der Waals surface area contributed by atoms with Crippen LogP contribution in [0.2, 0.25) is 0 Å². The largest absolute Gasteiger partial charge is 0.491 e. The van der Waals surface area contributed by atoms with Gasteiger partial charge in [-0.3, -0.25) is 19.8 Å². The first-order chi connectivity index (χ1) is 18.7. The van der Waals surface area contributed by atoms with Crippen molar-refractivity contribution in [2.45, 2.75) is 43.8 Å². The molecule has 0 radical (unpaired) electrons. The van der Waals surface area contributed by atoms with Gasteiger partial charge in [0.1, 0.15) is 36.1 Å². The number of hydrogen-bond acceptors (Lipinski definition) is 6. The first-order valence-corrected chi connectivity index (χ1v) is 12.7. The summed E-state index contributed by atoms with van der Waals surface area (Å²) in [5.41, 5.74) is -0.233. The summed E-state index contributed by atoms with van der Waals surface area (Å²) in [5, 5.41) is 4.98. The van der Waals surface area contributed by atoms with Crippen LogP contribution in [0.5, 0.6) is 5.75 Å². The number of halogens is 2. The number of carbonyl (C=O) groups is 4.